The van der Waals surface area contributed by atoms with Crippen molar-refractivity contribution in [2.45, 2.75) is 18.2 Å². The molecule has 0 amide bonds. The van der Waals surface area contributed by atoms with Crippen molar-refractivity contribution in [3.05, 3.63) is 97.9 Å². The molecule has 0 aromatic heterocycles. The van der Waals surface area contributed by atoms with Crippen LogP contribution in [0.25, 0.3) is 0 Å². The number of hydrogen-bond donors (Lipinski definition) is 0. The average Bonchev–Trinajstić information content (AvgIpc) is 2.81. The van der Waals surface area contributed by atoms with Crippen molar-refractivity contribution in [3.8, 4) is 0 Å². The summed E-state index contributed by atoms with van der Waals surface area (Å²) in [6.07, 6.45) is 1.91. The summed E-state index contributed by atoms with van der Waals surface area (Å²) in [5.74, 6) is -0.443. The number of ether oxygens (including phenoxy) is 1. The van der Waals surface area contributed by atoms with Crippen LogP contribution in [0.15, 0.2) is 85.7 Å². The van der Waals surface area contributed by atoms with E-state index in [1.54, 1.807) is 55.5 Å². The Morgan fingerprint density at radius 1 is 1.06 bits per heavy atom. The highest BCUT2D eigenvalue weighted by atomic mass is 79.9. The van der Waals surface area contributed by atoms with Gasteiger partial charge in [-0.1, -0.05) is 62.2 Å². The molecule has 0 aliphatic carbocycles. The Balaban J connectivity index is 1.92. The summed E-state index contributed by atoms with van der Waals surface area (Å²) in [5.41, 5.74) is 2.64. The Morgan fingerprint density at radius 2 is 1.76 bits per heavy atom. The third kappa shape index (κ3) is 6.31. The maximum absolute atomic E-state index is 13.5. The van der Waals surface area contributed by atoms with E-state index in [4.69, 9.17) is 4.74 Å². The lowest BCUT2D eigenvalue weighted by Crippen LogP contribution is -2.29. The summed E-state index contributed by atoms with van der Waals surface area (Å²) in [5, 5.41) is 4.32. The van der Waals surface area contributed by atoms with Crippen LogP contribution in [0, 0.1) is 6.92 Å². The highest BCUT2D eigenvalue weighted by molar-refractivity contribution is 9.11. The first-order valence-corrected chi connectivity index (χ1v) is 13.0. The fourth-order valence-corrected chi connectivity index (χ4v) is 5.41. The number of hydrazone groups is 1. The Hall–Kier alpha value is -2.49. The number of methoxy groups -OCH3 is 1. The zero-order valence-corrected chi connectivity index (χ0v) is 22.0. The number of sulfonamides is 1. The molecule has 0 saturated heterocycles. The van der Waals surface area contributed by atoms with Gasteiger partial charge in [-0.25, -0.2) is 4.79 Å². The number of halogens is 2. The number of benzene rings is 3. The molecule has 0 unspecified atom stereocenters. The number of esters is 1. The van der Waals surface area contributed by atoms with Crippen LogP contribution in [-0.4, -0.2) is 38.7 Å². The van der Waals surface area contributed by atoms with E-state index in [1.165, 1.54) is 13.3 Å². The van der Waals surface area contributed by atoms with Crippen LogP contribution in [0.1, 0.15) is 27.0 Å². The van der Waals surface area contributed by atoms with Crippen LogP contribution in [0.3, 0.4) is 0 Å². The fourth-order valence-electron chi connectivity index (χ4n) is 3.10. The van der Waals surface area contributed by atoms with Crippen LogP contribution in [0.5, 0.6) is 0 Å². The van der Waals surface area contributed by atoms with E-state index in [1.807, 2.05) is 18.2 Å². The van der Waals surface area contributed by atoms with Crippen molar-refractivity contribution in [1.29, 1.82) is 0 Å². The molecule has 0 N–H and O–H groups in total. The van der Waals surface area contributed by atoms with Gasteiger partial charge in [0.2, 0.25) is 0 Å². The summed E-state index contributed by atoms with van der Waals surface area (Å²) in [7, 11) is -2.57. The van der Waals surface area contributed by atoms with Gasteiger partial charge in [0.25, 0.3) is 10.0 Å². The number of carbonyl (C=O) groups excluding carboxylic acids is 1. The van der Waals surface area contributed by atoms with Gasteiger partial charge in [-0.15, -0.1) is 0 Å². The molecule has 0 heterocycles. The molecule has 0 spiro atoms. The molecule has 0 aliphatic heterocycles. The van der Waals surface area contributed by atoms with E-state index < -0.39 is 16.0 Å². The van der Waals surface area contributed by atoms with Crippen molar-refractivity contribution in [2.24, 2.45) is 5.10 Å². The third-order valence-electron chi connectivity index (χ3n) is 4.90. The third-order valence-corrected chi connectivity index (χ3v) is 8.01. The van der Waals surface area contributed by atoms with E-state index in [0.717, 1.165) is 18.9 Å². The number of hydrogen-bond acceptors (Lipinski definition) is 5. The minimum Gasteiger partial charge on any atom is -0.465 e. The molecule has 0 bridgehead atoms. The molecule has 3 aromatic rings. The van der Waals surface area contributed by atoms with Gasteiger partial charge < -0.3 is 4.74 Å². The number of carbonyl (C=O) groups is 1. The SMILES string of the molecule is COC(=O)c1ccc(C=NN(CCc2cc(Br)ccc2Br)S(=O)(=O)c2ccccc2C)cc1. The van der Waals surface area contributed by atoms with Gasteiger partial charge in [0, 0.05) is 8.95 Å². The summed E-state index contributed by atoms with van der Waals surface area (Å²) in [6.45, 7) is 1.90. The number of nitrogens with zero attached hydrogens (tertiary/aromatic N) is 2. The lowest BCUT2D eigenvalue weighted by atomic mass is 10.1. The Bertz CT molecular complexity index is 1280. The minimum atomic E-state index is -3.89. The second kappa shape index (κ2) is 11.1. The van der Waals surface area contributed by atoms with Gasteiger partial charge in [-0.2, -0.15) is 17.9 Å². The highest BCUT2D eigenvalue weighted by Crippen LogP contribution is 2.24. The molecule has 0 radical (unpaired) electrons. The second-order valence-corrected chi connectivity index (χ2v) is 10.7. The second-order valence-electron chi connectivity index (χ2n) is 7.16. The fraction of sp³-hybridized carbons (Fsp3) is 0.167. The Labute approximate surface area is 210 Å². The van der Waals surface area contributed by atoms with Crippen LogP contribution in [-0.2, 0) is 21.2 Å². The van der Waals surface area contributed by atoms with Gasteiger partial charge >= 0.3 is 5.97 Å². The highest BCUT2D eigenvalue weighted by Gasteiger charge is 2.24. The first-order valence-electron chi connectivity index (χ1n) is 9.97. The molecule has 172 valence electrons. The summed E-state index contributed by atoms with van der Waals surface area (Å²) in [4.78, 5) is 11.8. The summed E-state index contributed by atoms with van der Waals surface area (Å²) >= 11 is 6.98. The van der Waals surface area contributed by atoms with Gasteiger partial charge in [0.1, 0.15) is 0 Å². The lowest BCUT2D eigenvalue weighted by Gasteiger charge is -2.20. The first-order chi connectivity index (χ1) is 15.7. The van der Waals surface area contributed by atoms with Crippen LogP contribution < -0.4 is 0 Å². The zero-order chi connectivity index (χ0) is 24.0. The van der Waals surface area contributed by atoms with E-state index in [0.29, 0.717) is 23.1 Å². The van der Waals surface area contributed by atoms with Gasteiger partial charge in [0.05, 0.1) is 30.3 Å². The maximum Gasteiger partial charge on any atom is 0.337 e. The molecule has 3 aromatic carbocycles. The van der Waals surface area contributed by atoms with Crippen LogP contribution in [0.2, 0.25) is 0 Å². The van der Waals surface area contributed by atoms with Crippen molar-refractivity contribution < 1.29 is 17.9 Å². The maximum atomic E-state index is 13.5. The molecule has 0 saturated carbocycles. The molecule has 0 aliphatic rings. The minimum absolute atomic E-state index is 0.141. The Morgan fingerprint density at radius 3 is 2.42 bits per heavy atom. The van der Waals surface area contributed by atoms with Gasteiger partial charge in [-0.05, 0) is 66.4 Å². The van der Waals surface area contributed by atoms with Crippen molar-refractivity contribution in [1.82, 2.24) is 4.41 Å². The quantitative estimate of drug-likeness (QED) is 0.194. The van der Waals surface area contributed by atoms with E-state index in [9.17, 15) is 13.2 Å². The monoisotopic (exact) mass is 592 g/mol. The number of aryl methyl sites for hydroxylation is 1. The lowest BCUT2D eigenvalue weighted by molar-refractivity contribution is 0.0600. The largest absolute Gasteiger partial charge is 0.465 e. The van der Waals surface area contributed by atoms with Crippen molar-refractivity contribution in [3.63, 3.8) is 0 Å². The molecule has 9 heteroatoms. The van der Waals surface area contributed by atoms with Crippen LogP contribution in [0.4, 0.5) is 0 Å². The van der Waals surface area contributed by atoms with E-state index in [-0.39, 0.29) is 11.4 Å². The van der Waals surface area contributed by atoms with E-state index in [2.05, 4.69) is 37.0 Å². The van der Waals surface area contributed by atoms with Gasteiger partial charge in [-0.3, -0.25) is 0 Å². The topological polar surface area (TPSA) is 76.0 Å². The molecule has 0 fully saturated rings. The first kappa shape index (κ1) is 25.1. The number of rotatable bonds is 8. The van der Waals surface area contributed by atoms with Crippen molar-refractivity contribution >= 4 is 54.1 Å². The van der Waals surface area contributed by atoms with Gasteiger partial charge in [0.15, 0.2) is 0 Å². The van der Waals surface area contributed by atoms with E-state index >= 15 is 0 Å². The zero-order valence-electron chi connectivity index (χ0n) is 18.0. The predicted molar refractivity (Wildman–Crippen MR) is 136 cm³/mol. The average molecular weight is 594 g/mol. The molecule has 0 atom stereocenters. The standard InChI is InChI=1S/C24H22Br2N2O4S/c1-17-5-3-4-6-23(17)33(30,31)28(14-13-20-15-21(25)11-12-22(20)26)27-16-18-7-9-19(10-8-18)24(29)32-2/h3-12,15-16H,13-14H2,1-2H3. The molecular formula is C24H22Br2N2O4S. The van der Waals surface area contributed by atoms with Crippen LogP contribution >= 0.6 is 31.9 Å². The van der Waals surface area contributed by atoms with Crippen molar-refractivity contribution in [2.75, 3.05) is 13.7 Å². The molecule has 6 nitrogen and oxygen atoms in total. The smallest absolute Gasteiger partial charge is 0.337 e. The summed E-state index contributed by atoms with van der Waals surface area (Å²) in [6, 6.07) is 19.1. The predicted octanol–water partition coefficient (Wildman–Crippen LogP) is 5.57. The normalized spacial score (nSPS) is 11.5. The Kier molecular flexibility index (Phi) is 8.45. The molecule has 3 rings (SSSR count). The molecule has 33 heavy (non-hydrogen) atoms. The summed E-state index contributed by atoms with van der Waals surface area (Å²) < 4.78 is 34.5. The molecular weight excluding hydrogens is 572 g/mol.